The van der Waals surface area contributed by atoms with E-state index in [0.29, 0.717) is 13.0 Å². The summed E-state index contributed by atoms with van der Waals surface area (Å²) in [5.41, 5.74) is 1.09. The van der Waals surface area contributed by atoms with Crippen molar-refractivity contribution in [3.63, 3.8) is 0 Å². The number of methoxy groups -OCH3 is 1. The first-order chi connectivity index (χ1) is 12.1. The van der Waals surface area contributed by atoms with Crippen LogP contribution in [-0.4, -0.2) is 67.0 Å². The molecule has 2 heterocycles. The molecule has 0 aromatic carbocycles. The van der Waals surface area contributed by atoms with Crippen molar-refractivity contribution in [2.75, 3.05) is 40.4 Å². The van der Waals surface area contributed by atoms with Gasteiger partial charge in [-0.3, -0.25) is 14.5 Å². The van der Waals surface area contributed by atoms with E-state index in [2.05, 4.69) is 25.0 Å². The quantitative estimate of drug-likeness (QED) is 0.343. The van der Waals surface area contributed by atoms with E-state index >= 15 is 0 Å². The number of esters is 1. The maximum Gasteiger partial charge on any atom is 0.305 e. The molecule has 0 saturated carbocycles. The average Bonchev–Trinajstić information content (AvgIpc) is 3.07. The number of carbonyl (C=O) groups excluding carboxylic acids is 1. The molecule has 1 N–H and O–H groups in total. The Morgan fingerprint density at radius 3 is 3.00 bits per heavy atom. The molecule has 0 aliphatic carbocycles. The number of hydrogen-bond acceptors (Lipinski definition) is 5. The van der Waals surface area contributed by atoms with Gasteiger partial charge in [0, 0.05) is 45.4 Å². The standard InChI is InChI=1S/C17H29N5O3/c1-18-17(19-8-6-4-5-7-16(23)24-3)22-9-10-25-15(13-22)14-11-20-21(2)12-14/h11-12,15H,4-10,13H2,1-3H3,(H,18,19). The molecule has 2 rings (SSSR count). The number of carbonyl (C=O) groups is 1. The summed E-state index contributed by atoms with van der Waals surface area (Å²) in [4.78, 5) is 17.7. The lowest BCUT2D eigenvalue weighted by Gasteiger charge is -2.34. The first-order valence-corrected chi connectivity index (χ1v) is 8.76. The highest BCUT2D eigenvalue weighted by Crippen LogP contribution is 2.21. The van der Waals surface area contributed by atoms with Gasteiger partial charge in [-0.25, -0.2) is 0 Å². The molecule has 1 unspecified atom stereocenters. The minimum absolute atomic E-state index is 0.0149. The third kappa shape index (κ3) is 6.04. The summed E-state index contributed by atoms with van der Waals surface area (Å²) in [6.07, 6.45) is 7.18. The smallest absolute Gasteiger partial charge is 0.305 e. The minimum atomic E-state index is -0.140. The van der Waals surface area contributed by atoms with Crippen molar-refractivity contribution in [1.29, 1.82) is 0 Å². The number of guanidine groups is 1. The summed E-state index contributed by atoms with van der Waals surface area (Å²) < 4.78 is 12.3. The number of morpholine rings is 1. The van der Waals surface area contributed by atoms with E-state index in [0.717, 1.165) is 50.4 Å². The summed E-state index contributed by atoms with van der Waals surface area (Å²) in [6.45, 7) is 3.08. The highest BCUT2D eigenvalue weighted by Gasteiger charge is 2.24. The molecule has 0 radical (unpaired) electrons. The van der Waals surface area contributed by atoms with Crippen LogP contribution in [0.3, 0.4) is 0 Å². The van der Waals surface area contributed by atoms with Gasteiger partial charge in [0.2, 0.25) is 0 Å². The second-order valence-corrected chi connectivity index (χ2v) is 6.11. The van der Waals surface area contributed by atoms with Gasteiger partial charge in [-0.1, -0.05) is 6.42 Å². The van der Waals surface area contributed by atoms with Gasteiger partial charge in [0.1, 0.15) is 6.10 Å². The Balaban J connectivity index is 1.73. The van der Waals surface area contributed by atoms with Gasteiger partial charge in [0.15, 0.2) is 5.96 Å². The number of nitrogens with one attached hydrogen (secondary N) is 1. The number of hydrogen-bond donors (Lipinski definition) is 1. The Morgan fingerprint density at radius 2 is 2.32 bits per heavy atom. The zero-order valence-electron chi connectivity index (χ0n) is 15.4. The van der Waals surface area contributed by atoms with Crippen molar-refractivity contribution >= 4 is 11.9 Å². The molecule has 0 amide bonds. The topological polar surface area (TPSA) is 81.0 Å². The maximum absolute atomic E-state index is 11.1. The van der Waals surface area contributed by atoms with E-state index in [4.69, 9.17) is 4.74 Å². The van der Waals surface area contributed by atoms with Crippen LogP contribution in [0.25, 0.3) is 0 Å². The van der Waals surface area contributed by atoms with Crippen molar-refractivity contribution < 1.29 is 14.3 Å². The number of unbranched alkanes of at least 4 members (excludes halogenated alkanes) is 2. The second-order valence-electron chi connectivity index (χ2n) is 6.11. The van der Waals surface area contributed by atoms with Crippen LogP contribution in [0.5, 0.6) is 0 Å². The SMILES string of the molecule is CN=C(NCCCCCC(=O)OC)N1CCOC(c2cnn(C)c2)C1. The summed E-state index contributed by atoms with van der Waals surface area (Å²) >= 11 is 0. The molecule has 1 fully saturated rings. The highest BCUT2D eigenvalue weighted by molar-refractivity contribution is 5.80. The lowest BCUT2D eigenvalue weighted by molar-refractivity contribution is -0.140. The normalized spacial score (nSPS) is 18.3. The van der Waals surface area contributed by atoms with E-state index in [1.165, 1.54) is 7.11 Å². The number of rotatable bonds is 7. The van der Waals surface area contributed by atoms with Crippen molar-refractivity contribution in [1.82, 2.24) is 20.0 Å². The van der Waals surface area contributed by atoms with Crippen LogP contribution in [0, 0.1) is 0 Å². The van der Waals surface area contributed by atoms with Crippen LogP contribution in [-0.2, 0) is 21.3 Å². The van der Waals surface area contributed by atoms with Crippen LogP contribution in [0.1, 0.15) is 37.4 Å². The molecule has 1 aromatic rings. The van der Waals surface area contributed by atoms with Gasteiger partial charge in [0.05, 0.1) is 26.5 Å². The van der Waals surface area contributed by atoms with E-state index in [9.17, 15) is 4.79 Å². The average molecular weight is 351 g/mol. The number of aryl methyl sites for hydroxylation is 1. The number of aliphatic imine (C=N–C) groups is 1. The van der Waals surface area contributed by atoms with Crippen molar-refractivity contribution in [2.24, 2.45) is 12.0 Å². The Kier molecular flexibility index (Phi) is 7.72. The summed E-state index contributed by atoms with van der Waals surface area (Å²) in [5, 5.41) is 7.62. The number of nitrogens with zero attached hydrogens (tertiary/aromatic N) is 4. The third-order valence-electron chi connectivity index (χ3n) is 4.24. The van der Waals surface area contributed by atoms with Gasteiger partial charge >= 0.3 is 5.97 Å². The van der Waals surface area contributed by atoms with Crippen molar-refractivity contribution in [2.45, 2.75) is 31.8 Å². The van der Waals surface area contributed by atoms with Crippen LogP contribution >= 0.6 is 0 Å². The second kappa shape index (κ2) is 10.0. The Hall–Kier alpha value is -2.09. The minimum Gasteiger partial charge on any atom is -0.469 e. The molecule has 1 atom stereocenters. The number of ether oxygens (including phenoxy) is 2. The van der Waals surface area contributed by atoms with E-state index < -0.39 is 0 Å². The van der Waals surface area contributed by atoms with Gasteiger partial charge in [0.25, 0.3) is 0 Å². The largest absolute Gasteiger partial charge is 0.469 e. The fourth-order valence-corrected chi connectivity index (χ4v) is 2.86. The first kappa shape index (κ1) is 19.2. The van der Waals surface area contributed by atoms with Gasteiger partial charge in [-0.05, 0) is 12.8 Å². The van der Waals surface area contributed by atoms with Gasteiger partial charge < -0.3 is 19.7 Å². The first-order valence-electron chi connectivity index (χ1n) is 8.76. The van der Waals surface area contributed by atoms with E-state index in [1.807, 2.05) is 19.4 Å². The van der Waals surface area contributed by atoms with Gasteiger partial charge in [-0.15, -0.1) is 0 Å². The van der Waals surface area contributed by atoms with Crippen LogP contribution in [0.2, 0.25) is 0 Å². The van der Waals surface area contributed by atoms with Crippen LogP contribution in [0.15, 0.2) is 17.4 Å². The molecule has 25 heavy (non-hydrogen) atoms. The Morgan fingerprint density at radius 1 is 1.48 bits per heavy atom. The highest BCUT2D eigenvalue weighted by atomic mass is 16.5. The summed E-state index contributed by atoms with van der Waals surface area (Å²) in [7, 11) is 5.13. The van der Waals surface area contributed by atoms with Crippen LogP contribution < -0.4 is 5.32 Å². The van der Waals surface area contributed by atoms with E-state index in [1.54, 1.807) is 11.7 Å². The molecular weight excluding hydrogens is 322 g/mol. The lowest BCUT2D eigenvalue weighted by Crippen LogP contribution is -2.48. The maximum atomic E-state index is 11.1. The Labute approximate surface area is 149 Å². The Bertz CT molecular complexity index is 572. The zero-order chi connectivity index (χ0) is 18.1. The molecule has 1 aliphatic heterocycles. The molecule has 8 heteroatoms. The molecule has 0 bridgehead atoms. The molecule has 140 valence electrons. The summed E-state index contributed by atoms with van der Waals surface area (Å²) in [5.74, 6) is 0.753. The van der Waals surface area contributed by atoms with Gasteiger partial charge in [-0.2, -0.15) is 5.10 Å². The fraction of sp³-hybridized carbons (Fsp3) is 0.706. The van der Waals surface area contributed by atoms with E-state index in [-0.39, 0.29) is 12.1 Å². The molecule has 1 saturated heterocycles. The van der Waals surface area contributed by atoms with Crippen molar-refractivity contribution in [3.8, 4) is 0 Å². The predicted octanol–water partition coefficient (Wildman–Crippen LogP) is 1.10. The third-order valence-corrected chi connectivity index (χ3v) is 4.24. The molecular formula is C17H29N5O3. The molecule has 1 aliphatic rings. The van der Waals surface area contributed by atoms with Crippen molar-refractivity contribution in [3.05, 3.63) is 18.0 Å². The number of aromatic nitrogens is 2. The monoisotopic (exact) mass is 351 g/mol. The zero-order valence-corrected chi connectivity index (χ0v) is 15.4. The fourth-order valence-electron chi connectivity index (χ4n) is 2.86. The molecule has 8 nitrogen and oxygen atoms in total. The van der Waals surface area contributed by atoms with Crippen LogP contribution in [0.4, 0.5) is 0 Å². The summed E-state index contributed by atoms with van der Waals surface area (Å²) in [6, 6.07) is 0. The lowest BCUT2D eigenvalue weighted by atomic mass is 10.1. The molecule has 1 aromatic heterocycles. The molecule has 0 spiro atoms. The predicted molar refractivity (Wildman–Crippen MR) is 95.3 cm³/mol.